The molecule has 0 aromatic heterocycles. The second-order valence-electron chi connectivity index (χ2n) is 17.1. The van der Waals surface area contributed by atoms with Crippen molar-refractivity contribution < 1.29 is 32.9 Å². The number of aliphatic hydroxyl groups is 1. The molecule has 0 aromatic rings. The maximum Gasteiger partial charge on any atom is 0.472 e. The zero-order chi connectivity index (χ0) is 45.0. The maximum absolute atomic E-state index is 12.9. The van der Waals surface area contributed by atoms with Gasteiger partial charge in [0.05, 0.1) is 39.9 Å². The number of likely N-dealkylation sites (N-methyl/N-ethyl adjacent to an activating group) is 1. The number of allylic oxidation sites excluding steroid dienone is 15. The quantitative estimate of drug-likeness (QED) is 0.0244. The molecule has 1 amide bonds. The molecule has 0 heterocycles. The van der Waals surface area contributed by atoms with Gasteiger partial charge in [-0.25, -0.2) is 4.57 Å². The van der Waals surface area contributed by atoms with Gasteiger partial charge < -0.3 is 19.8 Å². The van der Waals surface area contributed by atoms with Gasteiger partial charge in [-0.3, -0.25) is 13.8 Å². The van der Waals surface area contributed by atoms with Crippen LogP contribution in [0.4, 0.5) is 0 Å². The maximum atomic E-state index is 12.9. The zero-order valence-corrected chi connectivity index (χ0v) is 40.5. The lowest BCUT2D eigenvalue weighted by Crippen LogP contribution is -2.45. The van der Waals surface area contributed by atoms with E-state index in [1.54, 1.807) is 6.08 Å². The molecule has 0 saturated carbocycles. The number of carbonyl (C=O) groups excluding carboxylic acids is 1. The molecule has 0 fully saturated rings. The van der Waals surface area contributed by atoms with Crippen molar-refractivity contribution >= 4 is 13.7 Å². The number of nitrogens with one attached hydrogen (secondary N) is 1. The Labute approximate surface area is 375 Å². The Morgan fingerprint density at radius 1 is 0.574 bits per heavy atom. The van der Waals surface area contributed by atoms with E-state index in [1.165, 1.54) is 57.8 Å². The van der Waals surface area contributed by atoms with Crippen LogP contribution in [0.1, 0.15) is 174 Å². The van der Waals surface area contributed by atoms with Gasteiger partial charge in [0, 0.05) is 6.42 Å². The number of aliphatic hydroxyl groups excluding tert-OH is 1. The Bertz CT molecular complexity index is 1310. The summed E-state index contributed by atoms with van der Waals surface area (Å²) in [6.07, 6.45) is 60.6. The van der Waals surface area contributed by atoms with E-state index in [9.17, 15) is 19.4 Å². The van der Waals surface area contributed by atoms with Gasteiger partial charge in [0.25, 0.3) is 0 Å². The lowest BCUT2D eigenvalue weighted by Gasteiger charge is -2.25. The van der Waals surface area contributed by atoms with Crippen LogP contribution < -0.4 is 5.32 Å². The van der Waals surface area contributed by atoms with Crippen LogP contribution in [0.3, 0.4) is 0 Å². The smallest absolute Gasteiger partial charge is 0.387 e. The van der Waals surface area contributed by atoms with Gasteiger partial charge in [-0.15, -0.1) is 0 Å². The number of hydrogen-bond donors (Lipinski definition) is 3. The van der Waals surface area contributed by atoms with E-state index in [1.807, 2.05) is 27.2 Å². The van der Waals surface area contributed by atoms with E-state index in [4.69, 9.17) is 9.05 Å². The second kappa shape index (κ2) is 42.7. The summed E-state index contributed by atoms with van der Waals surface area (Å²) in [6.45, 7) is 4.64. The Morgan fingerprint density at radius 2 is 0.984 bits per heavy atom. The number of rotatable bonds is 42. The van der Waals surface area contributed by atoms with Crippen molar-refractivity contribution in [2.24, 2.45) is 0 Å². The van der Waals surface area contributed by atoms with Gasteiger partial charge in [0.1, 0.15) is 13.2 Å². The fourth-order valence-electron chi connectivity index (χ4n) is 6.25. The highest BCUT2D eigenvalue weighted by molar-refractivity contribution is 7.47. The third-order valence-corrected chi connectivity index (χ3v) is 11.0. The Morgan fingerprint density at radius 3 is 1.44 bits per heavy atom. The zero-order valence-electron chi connectivity index (χ0n) is 39.6. The van der Waals surface area contributed by atoms with Crippen molar-refractivity contribution in [2.45, 2.75) is 187 Å². The first-order valence-corrected chi connectivity index (χ1v) is 25.6. The molecule has 0 aliphatic heterocycles. The summed E-state index contributed by atoms with van der Waals surface area (Å²) in [4.78, 5) is 23.1. The highest BCUT2D eigenvalue weighted by Gasteiger charge is 2.27. The van der Waals surface area contributed by atoms with Crippen LogP contribution in [0.25, 0.3) is 0 Å². The molecule has 0 spiro atoms. The van der Waals surface area contributed by atoms with Crippen molar-refractivity contribution in [1.82, 2.24) is 5.32 Å². The first-order valence-electron chi connectivity index (χ1n) is 24.1. The summed E-state index contributed by atoms with van der Waals surface area (Å²) in [5.41, 5.74) is 0. The van der Waals surface area contributed by atoms with Crippen molar-refractivity contribution in [3.05, 3.63) is 97.2 Å². The van der Waals surface area contributed by atoms with E-state index >= 15 is 0 Å². The average molecular weight is 872 g/mol. The first kappa shape index (κ1) is 58.4. The third kappa shape index (κ3) is 45.3. The van der Waals surface area contributed by atoms with E-state index in [0.717, 1.165) is 96.3 Å². The number of hydrogen-bond acceptors (Lipinski definition) is 5. The molecular weight excluding hydrogens is 780 g/mol. The Kier molecular flexibility index (Phi) is 40.9. The molecule has 0 saturated heterocycles. The fraction of sp³-hybridized carbons (Fsp3) is 0.673. The minimum atomic E-state index is -4.34. The fourth-order valence-corrected chi connectivity index (χ4v) is 6.99. The lowest BCUT2D eigenvalue weighted by molar-refractivity contribution is -0.870. The van der Waals surface area contributed by atoms with Gasteiger partial charge in [-0.2, -0.15) is 0 Å². The number of phosphoric ester groups is 1. The summed E-state index contributed by atoms with van der Waals surface area (Å²) >= 11 is 0. The number of phosphoric acid groups is 1. The standard InChI is InChI=1S/C52H91N2O6P/c1-6-8-10-12-14-16-18-19-20-21-22-23-24-25-26-27-28-29-30-31-32-33-34-35-36-38-40-42-44-46-52(56)53-50(49-60-61(57,58)59-48-47-54(3,4)5)51(55)45-43-41-39-37-17-15-13-11-9-7-2/h8,10,14,16,19-20,22-23,25-26,28-29,31-32,43,45,50-51,55H,6-7,9,11-13,15,17-18,21,24,27,30,33-42,44,46-49H2,1-5H3,(H-,53,56,57,58)/p+1/b10-8-,16-14-,20-19-,23-22-,26-25-,29-28-,32-31-,45-43+. The molecule has 0 aliphatic rings. The van der Waals surface area contributed by atoms with Crippen LogP contribution in [0.5, 0.6) is 0 Å². The van der Waals surface area contributed by atoms with Gasteiger partial charge >= 0.3 is 7.82 Å². The minimum Gasteiger partial charge on any atom is -0.387 e. The van der Waals surface area contributed by atoms with Crippen molar-refractivity contribution in [2.75, 3.05) is 40.9 Å². The molecule has 0 rings (SSSR count). The minimum absolute atomic E-state index is 0.0537. The van der Waals surface area contributed by atoms with Gasteiger partial charge in [0.15, 0.2) is 0 Å². The first-order chi connectivity index (χ1) is 29.5. The van der Waals surface area contributed by atoms with E-state index in [2.05, 4.69) is 104 Å². The highest BCUT2D eigenvalue weighted by atomic mass is 31.2. The summed E-state index contributed by atoms with van der Waals surface area (Å²) in [5.74, 6) is -0.196. The van der Waals surface area contributed by atoms with Crippen LogP contribution in [0, 0.1) is 0 Å². The number of unbranched alkanes of at least 4 members (excludes halogenated alkanes) is 15. The number of amides is 1. The van der Waals surface area contributed by atoms with E-state index in [-0.39, 0.29) is 19.1 Å². The van der Waals surface area contributed by atoms with Crippen LogP contribution in [-0.2, 0) is 18.4 Å². The number of quaternary nitrogens is 1. The molecule has 0 radical (unpaired) electrons. The summed E-state index contributed by atoms with van der Waals surface area (Å²) < 4.78 is 23.5. The molecule has 3 unspecified atom stereocenters. The second-order valence-corrected chi connectivity index (χ2v) is 18.6. The van der Waals surface area contributed by atoms with Crippen LogP contribution >= 0.6 is 7.82 Å². The monoisotopic (exact) mass is 872 g/mol. The number of carbonyl (C=O) groups is 1. The molecule has 3 N–H and O–H groups in total. The summed E-state index contributed by atoms with van der Waals surface area (Å²) in [7, 11) is 1.55. The Hall–Kier alpha value is -2.58. The SMILES string of the molecule is CC/C=C\C/C=C\C/C=C\C/C=C\C/C=C\C/C=C\C/C=C\CCCCCCCCCC(=O)NC(COP(=O)(O)OCC[N+](C)(C)C)C(O)/C=C/CCCCCCCCCC. The lowest BCUT2D eigenvalue weighted by atomic mass is 10.1. The third-order valence-electron chi connectivity index (χ3n) is 10.1. The van der Waals surface area contributed by atoms with Gasteiger partial charge in [-0.1, -0.05) is 188 Å². The topological polar surface area (TPSA) is 105 Å². The molecule has 0 aromatic carbocycles. The predicted molar refractivity (Wildman–Crippen MR) is 262 cm³/mol. The Balaban J connectivity index is 4.24. The molecule has 9 heteroatoms. The molecule has 8 nitrogen and oxygen atoms in total. The summed E-state index contributed by atoms with van der Waals surface area (Å²) in [6, 6.07) is -0.857. The molecule has 3 atom stereocenters. The predicted octanol–water partition coefficient (Wildman–Crippen LogP) is 13.9. The molecule has 61 heavy (non-hydrogen) atoms. The summed E-state index contributed by atoms with van der Waals surface area (Å²) in [5, 5.41) is 13.8. The van der Waals surface area contributed by atoms with Gasteiger partial charge in [-0.05, 0) is 77.0 Å². The molecule has 350 valence electrons. The van der Waals surface area contributed by atoms with Crippen molar-refractivity contribution in [3.8, 4) is 0 Å². The van der Waals surface area contributed by atoms with Gasteiger partial charge in [0.2, 0.25) is 5.91 Å². The van der Waals surface area contributed by atoms with Crippen molar-refractivity contribution in [3.63, 3.8) is 0 Å². The molecule has 0 aliphatic carbocycles. The van der Waals surface area contributed by atoms with Crippen LogP contribution in [0.2, 0.25) is 0 Å². The van der Waals surface area contributed by atoms with Crippen LogP contribution in [0.15, 0.2) is 97.2 Å². The number of nitrogens with zero attached hydrogens (tertiary/aromatic N) is 1. The molecule has 0 bridgehead atoms. The largest absolute Gasteiger partial charge is 0.472 e. The van der Waals surface area contributed by atoms with E-state index < -0.39 is 20.0 Å². The normalized spacial score (nSPS) is 15.1. The van der Waals surface area contributed by atoms with Crippen molar-refractivity contribution in [1.29, 1.82) is 0 Å². The van der Waals surface area contributed by atoms with E-state index in [0.29, 0.717) is 17.4 Å². The van der Waals surface area contributed by atoms with Crippen LogP contribution in [-0.4, -0.2) is 73.4 Å². The highest BCUT2D eigenvalue weighted by Crippen LogP contribution is 2.43. The average Bonchev–Trinajstić information content (AvgIpc) is 3.21. The molecular formula is C52H92N2O6P+.